The summed E-state index contributed by atoms with van der Waals surface area (Å²) in [4.78, 5) is 113. The molecule has 0 aliphatic carbocycles. The molecule has 29 heteroatoms. The smallest absolute Gasteiger partial charge is 0.295 e. The summed E-state index contributed by atoms with van der Waals surface area (Å²) in [5, 5.41) is 33.9. The second-order valence-electron chi connectivity index (χ2n) is 30.1. The maximum absolute atomic E-state index is 13.7. The van der Waals surface area contributed by atoms with Crippen LogP contribution >= 0.6 is 34.8 Å². The molecular weight excluding hydrogens is 1490 g/mol. The Morgan fingerprint density at radius 2 is 0.856 bits per heavy atom. The van der Waals surface area contributed by atoms with Crippen molar-refractivity contribution in [1.82, 2.24) is 59.2 Å². The van der Waals surface area contributed by atoms with Gasteiger partial charge in [-0.3, -0.25) is 52.9 Å². The molecule has 0 radical (unpaired) electrons. The van der Waals surface area contributed by atoms with Crippen molar-refractivity contribution in [3.63, 3.8) is 0 Å². The first-order valence-corrected chi connectivity index (χ1v) is 38.6. The summed E-state index contributed by atoms with van der Waals surface area (Å²) < 4.78 is 41.0. The van der Waals surface area contributed by atoms with E-state index in [4.69, 9.17) is 45.8 Å². The number of halogens is 6. The van der Waals surface area contributed by atoms with E-state index in [0.717, 1.165) is 60.2 Å². The molecule has 3 aromatic heterocycles. The van der Waals surface area contributed by atoms with Crippen LogP contribution in [0.5, 0.6) is 0 Å². The zero-order chi connectivity index (χ0) is 79.4. The highest BCUT2D eigenvalue weighted by Crippen LogP contribution is 2.34. The van der Waals surface area contributed by atoms with Crippen LogP contribution in [0.15, 0.2) is 134 Å². The van der Waals surface area contributed by atoms with Crippen molar-refractivity contribution in [3.05, 3.63) is 211 Å². The SMILES string of the molecule is C[C@@H]1CN(Cc2ccc(F)cc2)[C@@H](C)CN1C(=O)c1cc2c(C(=O)C(=O)N3CC[C@H](O)C3)c[nH]c2cc1Cl.C[C@@H]1CN(Cc2ccc(F)cc2)[C@@H](C)CN1C(=O)c1cc2c(C(=O)C(=O)N3CC[C@H](O)C3)cn(N)c2cc1Cl.C[C@@H]1CN(Cc2ccc(F)cc2)[C@@H](C)CN1C(=O)c1cc2cc[nH]c2cc1Cl.O[C@H]1CCNC1. The number of piperazine rings is 3. The molecule has 23 nitrogen and oxygen atoms in total. The highest BCUT2D eigenvalue weighted by Gasteiger charge is 2.39. The fourth-order valence-electron chi connectivity index (χ4n) is 15.4. The number of fused-ring (bicyclic) bond motifs is 3. The zero-order valence-corrected chi connectivity index (χ0v) is 65.0. The number of nitrogen functional groups attached to an aromatic ring is 1. The summed E-state index contributed by atoms with van der Waals surface area (Å²) in [5.41, 5.74) is 6.23. The van der Waals surface area contributed by atoms with E-state index in [2.05, 4.69) is 43.8 Å². The van der Waals surface area contributed by atoms with Crippen LogP contribution in [0.4, 0.5) is 13.2 Å². The first-order chi connectivity index (χ1) is 53.0. The van der Waals surface area contributed by atoms with E-state index >= 15 is 0 Å². The summed E-state index contributed by atoms with van der Waals surface area (Å²) in [5.74, 6) is 1.90. The number of aromatic amines is 2. The number of carbonyl (C=O) groups is 7. The van der Waals surface area contributed by atoms with Gasteiger partial charge in [-0.15, -0.1) is 0 Å². The standard InChI is InChI=1S/C28H31ClFN5O4.C28H30ClFN4O4.C22H23ClFN3O.C4H9NO/c1-16-12-34(17(2)11-33(16)13-18-3-5-19(30)6-4-18)27(38)22-9-21-23(15-35(31)25(21)10-24(22)29)26(37)28(39)32-8-7-20(36)14-32;1-16-13-34(17(2)12-33(16)14-18-3-5-19(30)6-4-18)27(37)22-9-21-23(11-31-25(21)10-24(22)29)26(36)28(38)32-8-7-20(35)15-32;1-14-12-27(15(2)11-26(14)13-16-3-5-18(24)6-4-16)22(28)19-9-17-7-8-25-21(17)10-20(19)23;6-4-1-2-5-3-4/h3-6,9-10,15-17,20,36H,7-8,11-14,31H2,1-2H3;3-6,9-11,16-17,20,31,35H,7-8,12-15H2,1-2H3;3-10,14-15,25H,11-13H2,1-2H3;4-6H,1-3H2/t2*16-,17+,20-;14-,15+;4-/m0000/s1. The summed E-state index contributed by atoms with van der Waals surface area (Å²) >= 11 is 19.5. The molecule has 6 saturated heterocycles. The maximum Gasteiger partial charge on any atom is 0.295 e. The largest absolute Gasteiger partial charge is 0.392 e. The summed E-state index contributed by atoms with van der Waals surface area (Å²) in [6.07, 6.45) is 5.11. The van der Waals surface area contributed by atoms with Gasteiger partial charge in [0, 0.05) is 174 Å². The van der Waals surface area contributed by atoms with Crippen molar-refractivity contribution in [2.75, 3.05) is 84.4 Å². The average molecular weight is 1580 g/mol. The minimum atomic E-state index is -0.754. The monoisotopic (exact) mass is 1580 g/mol. The lowest BCUT2D eigenvalue weighted by Gasteiger charge is -2.44. The summed E-state index contributed by atoms with van der Waals surface area (Å²) in [6, 6.07) is 31.4. The summed E-state index contributed by atoms with van der Waals surface area (Å²) in [7, 11) is 0. The number of carbonyl (C=O) groups excluding carboxylic acids is 7. The third-order valence-corrected chi connectivity index (χ3v) is 22.8. The number of ketones is 2. The topological polar surface area (TPSA) is 281 Å². The van der Waals surface area contributed by atoms with Gasteiger partial charge < -0.3 is 60.9 Å². The van der Waals surface area contributed by atoms with E-state index in [9.17, 15) is 56.9 Å². The first-order valence-electron chi connectivity index (χ1n) is 37.4. The van der Waals surface area contributed by atoms with Gasteiger partial charge in [0.05, 0.1) is 66.7 Å². The Labute approximate surface area is 656 Å². The number of likely N-dealkylation sites (tertiary alicyclic amines) is 2. The molecule has 5 amide bonds. The predicted molar refractivity (Wildman–Crippen MR) is 421 cm³/mol. The minimum absolute atomic E-state index is 0.0334. The number of benzene rings is 6. The Bertz CT molecular complexity index is 4910. The van der Waals surface area contributed by atoms with Crippen LogP contribution in [0, 0.1) is 17.5 Å². The second kappa shape index (κ2) is 35.2. The van der Waals surface area contributed by atoms with E-state index < -0.39 is 35.6 Å². The van der Waals surface area contributed by atoms with Crippen LogP contribution < -0.4 is 11.2 Å². The third kappa shape index (κ3) is 18.8. The molecule has 6 aromatic carbocycles. The molecule has 0 spiro atoms. The number of H-pyrrole nitrogens is 2. The van der Waals surface area contributed by atoms with Gasteiger partial charge in [0.2, 0.25) is 0 Å². The lowest BCUT2D eigenvalue weighted by molar-refractivity contribution is -0.126. The van der Waals surface area contributed by atoms with E-state index in [0.29, 0.717) is 104 Å². The number of nitrogens with one attached hydrogen (secondary N) is 3. The number of hydrogen-bond acceptors (Lipinski definition) is 15. The quantitative estimate of drug-likeness (QED) is 0.0321. The van der Waals surface area contributed by atoms with Gasteiger partial charge >= 0.3 is 0 Å². The number of amides is 5. The number of aliphatic hydroxyl groups is 3. The molecule has 0 unspecified atom stereocenters. The number of aliphatic hydroxyl groups excluding tert-OH is 3. The lowest BCUT2D eigenvalue weighted by atomic mass is 10.0. The molecule has 588 valence electrons. The van der Waals surface area contributed by atoms with Gasteiger partial charge in [0.25, 0.3) is 41.1 Å². The van der Waals surface area contributed by atoms with Crippen LogP contribution in [0.2, 0.25) is 15.1 Å². The fourth-order valence-corrected chi connectivity index (χ4v) is 16.1. The molecule has 6 fully saturated rings. The molecule has 6 aliphatic heterocycles. The van der Waals surface area contributed by atoms with E-state index in [-0.39, 0.29) is 123 Å². The van der Waals surface area contributed by atoms with Crippen molar-refractivity contribution in [1.29, 1.82) is 0 Å². The highest BCUT2D eigenvalue weighted by atomic mass is 35.5. The van der Waals surface area contributed by atoms with Crippen LogP contribution in [-0.4, -0.2) is 243 Å². The maximum atomic E-state index is 13.7. The van der Waals surface area contributed by atoms with Crippen molar-refractivity contribution in [3.8, 4) is 0 Å². The van der Waals surface area contributed by atoms with Crippen molar-refractivity contribution < 1.29 is 62.1 Å². The second-order valence-corrected chi connectivity index (χ2v) is 31.3. The minimum Gasteiger partial charge on any atom is -0.392 e. The van der Waals surface area contributed by atoms with Crippen LogP contribution in [0.3, 0.4) is 0 Å². The van der Waals surface area contributed by atoms with Crippen LogP contribution in [0.1, 0.15) is 129 Å². The molecule has 6 aliphatic rings. The molecule has 9 heterocycles. The highest BCUT2D eigenvalue weighted by molar-refractivity contribution is 6.46. The number of rotatable bonds is 13. The van der Waals surface area contributed by atoms with Crippen molar-refractivity contribution in [2.24, 2.45) is 0 Å². The third-order valence-electron chi connectivity index (χ3n) is 21.9. The van der Waals surface area contributed by atoms with Gasteiger partial charge in [0.15, 0.2) is 0 Å². The number of nitrogens with two attached hydrogens (primary N) is 1. The molecule has 8 N–H and O–H groups in total. The van der Waals surface area contributed by atoms with Gasteiger partial charge in [-0.1, -0.05) is 71.2 Å². The number of aromatic nitrogens is 3. The predicted octanol–water partition coefficient (Wildman–Crippen LogP) is 10.2. The normalized spacial score (nSPS) is 22.4. The Kier molecular flexibility index (Phi) is 25.8. The van der Waals surface area contributed by atoms with Gasteiger partial charge in [-0.2, -0.15) is 0 Å². The molecule has 0 bridgehead atoms. The summed E-state index contributed by atoms with van der Waals surface area (Å²) in [6.45, 7) is 20.4. The number of nitrogens with zero attached hydrogens (tertiary/aromatic N) is 9. The number of hydrogen-bond donors (Lipinski definition) is 7. The fraction of sp³-hybridized carbons (Fsp3) is 0.402. The first kappa shape index (κ1) is 81.3. The lowest BCUT2D eigenvalue weighted by Crippen LogP contribution is -2.57. The molecule has 0 saturated carbocycles. The van der Waals surface area contributed by atoms with E-state index in [1.54, 1.807) is 46.2 Å². The van der Waals surface area contributed by atoms with E-state index in [1.165, 1.54) is 75.4 Å². The van der Waals surface area contributed by atoms with Crippen molar-refractivity contribution in [2.45, 2.75) is 135 Å². The van der Waals surface area contributed by atoms with Gasteiger partial charge in [0.1, 0.15) is 17.5 Å². The Balaban J connectivity index is 0.000000150. The Morgan fingerprint density at radius 1 is 0.450 bits per heavy atom. The van der Waals surface area contributed by atoms with E-state index in [1.807, 2.05) is 69.1 Å². The van der Waals surface area contributed by atoms with Gasteiger partial charge in [-0.25, -0.2) is 13.2 Å². The number of Topliss-reactive ketones (excluding diaryl/α,β-unsaturated/α-hetero) is 2. The Morgan fingerprint density at radius 3 is 1.25 bits per heavy atom. The van der Waals surface area contributed by atoms with Crippen molar-refractivity contribution >= 4 is 109 Å². The molecule has 9 aromatic rings. The number of β-amino-alcohol motifs (C(OH)–C–C–N with tert-alkyl or cyclic N) is 3. The zero-order valence-electron chi connectivity index (χ0n) is 62.7. The van der Waals surface area contributed by atoms with Gasteiger partial charge in [-0.05, 0) is 163 Å². The molecule has 15 rings (SSSR count). The average Bonchev–Trinajstić information content (AvgIpc) is 1.41. The van der Waals surface area contributed by atoms with Crippen LogP contribution in [0.25, 0.3) is 32.7 Å². The molecular formula is C82H93Cl3F3N13O10. The Hall–Kier alpha value is -9.19. The molecule has 111 heavy (non-hydrogen) atoms. The molecule has 9 atom stereocenters. The van der Waals surface area contributed by atoms with Crippen LogP contribution in [-0.2, 0) is 29.2 Å².